The molecule has 5 heteroatoms. The summed E-state index contributed by atoms with van der Waals surface area (Å²) >= 11 is 0. The van der Waals surface area contributed by atoms with Gasteiger partial charge in [0.25, 0.3) is 0 Å². The van der Waals surface area contributed by atoms with E-state index in [0.29, 0.717) is 12.0 Å². The van der Waals surface area contributed by atoms with Gasteiger partial charge in [-0.2, -0.15) is 0 Å². The second-order valence-electron chi connectivity index (χ2n) is 5.12. The Morgan fingerprint density at radius 1 is 1.10 bits per heavy atom. The van der Waals surface area contributed by atoms with E-state index >= 15 is 0 Å². The molecule has 1 saturated carbocycles. The molecule has 0 aromatic heterocycles. The number of benzene rings is 2. The lowest BCUT2D eigenvalue weighted by atomic mass is 9.95. The number of aliphatic carboxylic acids is 1. The van der Waals surface area contributed by atoms with Crippen LogP contribution >= 0.6 is 0 Å². The molecule has 0 amide bonds. The van der Waals surface area contributed by atoms with E-state index in [1.807, 2.05) is 0 Å². The summed E-state index contributed by atoms with van der Waals surface area (Å²) < 4.78 is 41.3. The van der Waals surface area contributed by atoms with Gasteiger partial charge < -0.3 is 5.11 Å². The predicted molar refractivity (Wildman–Crippen MR) is 70.2 cm³/mol. The molecule has 0 bridgehead atoms. The summed E-state index contributed by atoms with van der Waals surface area (Å²) in [5.41, 5.74) is 0.232. The largest absolute Gasteiger partial charge is 0.481 e. The summed E-state index contributed by atoms with van der Waals surface area (Å²) in [6, 6.07) is 7.04. The topological polar surface area (TPSA) is 37.3 Å². The molecule has 21 heavy (non-hydrogen) atoms. The number of halogens is 3. The molecule has 0 radical (unpaired) electrons. The van der Waals surface area contributed by atoms with E-state index in [-0.39, 0.29) is 17.0 Å². The molecule has 1 fully saturated rings. The Balaban J connectivity index is 2.14. The highest BCUT2D eigenvalue weighted by Crippen LogP contribution is 2.50. The third-order valence-corrected chi connectivity index (χ3v) is 3.75. The van der Waals surface area contributed by atoms with Crippen molar-refractivity contribution in [2.24, 2.45) is 5.92 Å². The molecule has 2 aromatic carbocycles. The zero-order valence-electron chi connectivity index (χ0n) is 10.8. The summed E-state index contributed by atoms with van der Waals surface area (Å²) in [7, 11) is 0. The van der Waals surface area contributed by atoms with Crippen LogP contribution in [0.15, 0.2) is 36.4 Å². The summed E-state index contributed by atoms with van der Waals surface area (Å²) in [6.07, 6.45) is 0.393. The normalized spacial score (nSPS) is 20.3. The van der Waals surface area contributed by atoms with Gasteiger partial charge in [0, 0.05) is 0 Å². The number of carbonyl (C=O) groups is 1. The average Bonchev–Trinajstić information content (AvgIpc) is 3.19. The maximum Gasteiger partial charge on any atom is 0.307 e. The van der Waals surface area contributed by atoms with Gasteiger partial charge in [-0.05, 0) is 47.7 Å². The molecule has 1 aliphatic carbocycles. The fourth-order valence-electron chi connectivity index (χ4n) is 2.64. The third kappa shape index (κ3) is 2.39. The van der Waals surface area contributed by atoms with Gasteiger partial charge in [-0.15, -0.1) is 0 Å². The van der Waals surface area contributed by atoms with Gasteiger partial charge in [-0.3, -0.25) is 4.79 Å². The van der Waals surface area contributed by atoms with Crippen LogP contribution in [0, 0.1) is 23.4 Å². The van der Waals surface area contributed by atoms with Crippen LogP contribution < -0.4 is 0 Å². The van der Waals surface area contributed by atoms with Crippen LogP contribution in [-0.2, 0) is 4.79 Å². The zero-order valence-corrected chi connectivity index (χ0v) is 10.8. The Hall–Kier alpha value is -2.30. The highest BCUT2D eigenvalue weighted by atomic mass is 19.1. The molecule has 0 aliphatic heterocycles. The van der Waals surface area contributed by atoms with Gasteiger partial charge in [-0.1, -0.05) is 12.1 Å². The van der Waals surface area contributed by atoms with Crippen molar-refractivity contribution in [2.75, 3.05) is 0 Å². The van der Waals surface area contributed by atoms with Gasteiger partial charge in [0.1, 0.15) is 17.5 Å². The third-order valence-electron chi connectivity index (χ3n) is 3.75. The van der Waals surface area contributed by atoms with Crippen molar-refractivity contribution in [2.45, 2.75) is 12.3 Å². The van der Waals surface area contributed by atoms with Crippen LogP contribution in [0.25, 0.3) is 11.1 Å². The Labute approximate surface area is 118 Å². The molecular formula is C16H11F3O2. The van der Waals surface area contributed by atoms with E-state index in [9.17, 15) is 18.0 Å². The first-order chi connectivity index (χ1) is 9.99. The summed E-state index contributed by atoms with van der Waals surface area (Å²) in [5, 5.41) is 8.99. The van der Waals surface area contributed by atoms with Crippen molar-refractivity contribution >= 4 is 5.97 Å². The smallest absolute Gasteiger partial charge is 0.307 e. The molecule has 108 valence electrons. The summed E-state index contributed by atoms with van der Waals surface area (Å²) in [6.45, 7) is 0. The molecule has 0 saturated heterocycles. The Bertz CT molecular complexity index is 707. The van der Waals surface area contributed by atoms with Crippen LogP contribution in [0.1, 0.15) is 17.9 Å². The van der Waals surface area contributed by atoms with Crippen LogP contribution in [0.5, 0.6) is 0 Å². The number of hydrogen-bond donors (Lipinski definition) is 1. The Morgan fingerprint density at radius 3 is 2.33 bits per heavy atom. The van der Waals surface area contributed by atoms with Gasteiger partial charge in [-0.25, -0.2) is 13.2 Å². The van der Waals surface area contributed by atoms with Crippen LogP contribution in [0.2, 0.25) is 0 Å². The van der Waals surface area contributed by atoms with Gasteiger partial charge >= 0.3 is 5.97 Å². The van der Waals surface area contributed by atoms with Crippen molar-refractivity contribution in [1.29, 1.82) is 0 Å². The SMILES string of the molecule is O=C(O)C1CC1c1ccc(F)cc1-c1c(F)cccc1F. The monoisotopic (exact) mass is 292 g/mol. The molecular weight excluding hydrogens is 281 g/mol. The second-order valence-corrected chi connectivity index (χ2v) is 5.12. The van der Waals surface area contributed by atoms with E-state index in [2.05, 4.69) is 0 Å². The van der Waals surface area contributed by atoms with Gasteiger partial charge in [0.2, 0.25) is 0 Å². The van der Waals surface area contributed by atoms with Crippen molar-refractivity contribution < 1.29 is 23.1 Å². The standard InChI is InChI=1S/C16H11F3O2/c17-8-4-5-9(10-7-12(10)16(20)21)11(6-8)15-13(18)2-1-3-14(15)19/h1-6,10,12H,7H2,(H,20,21). The number of carboxylic acid groups (broad SMARTS) is 1. The van der Waals surface area contributed by atoms with Gasteiger partial charge in [0.05, 0.1) is 11.5 Å². The lowest BCUT2D eigenvalue weighted by molar-refractivity contribution is -0.138. The van der Waals surface area contributed by atoms with Gasteiger partial charge in [0.15, 0.2) is 0 Å². The van der Waals surface area contributed by atoms with Crippen molar-refractivity contribution in [3.8, 4) is 11.1 Å². The minimum atomic E-state index is -0.954. The maximum absolute atomic E-state index is 13.9. The minimum Gasteiger partial charge on any atom is -0.481 e. The van der Waals surface area contributed by atoms with Crippen LogP contribution in [0.3, 0.4) is 0 Å². The zero-order chi connectivity index (χ0) is 15.1. The molecule has 0 spiro atoms. The van der Waals surface area contributed by atoms with Crippen molar-refractivity contribution in [3.05, 3.63) is 59.4 Å². The number of carboxylic acids is 1. The Kier molecular flexibility index (Phi) is 3.20. The molecule has 0 heterocycles. The lowest BCUT2D eigenvalue weighted by Crippen LogP contribution is -2.01. The highest BCUT2D eigenvalue weighted by Gasteiger charge is 2.45. The summed E-state index contributed by atoms with van der Waals surface area (Å²) in [4.78, 5) is 11.0. The van der Waals surface area contributed by atoms with Crippen molar-refractivity contribution in [3.63, 3.8) is 0 Å². The maximum atomic E-state index is 13.9. The molecule has 2 unspecified atom stereocenters. The molecule has 3 rings (SSSR count). The van der Waals surface area contributed by atoms with E-state index < -0.39 is 29.3 Å². The van der Waals surface area contributed by atoms with Crippen LogP contribution in [-0.4, -0.2) is 11.1 Å². The second kappa shape index (κ2) is 4.91. The minimum absolute atomic E-state index is 0.0827. The fraction of sp³-hybridized carbons (Fsp3) is 0.188. The lowest BCUT2D eigenvalue weighted by Gasteiger charge is -2.11. The highest BCUT2D eigenvalue weighted by molar-refractivity contribution is 5.78. The predicted octanol–water partition coefficient (Wildman–Crippen LogP) is 3.96. The quantitative estimate of drug-likeness (QED) is 0.929. The number of hydrogen-bond acceptors (Lipinski definition) is 1. The first-order valence-electron chi connectivity index (χ1n) is 6.45. The first kappa shape index (κ1) is 13.7. The van der Waals surface area contributed by atoms with E-state index in [4.69, 9.17) is 5.11 Å². The average molecular weight is 292 g/mol. The molecule has 2 aromatic rings. The number of rotatable bonds is 3. The molecule has 1 aliphatic rings. The molecule has 1 N–H and O–H groups in total. The van der Waals surface area contributed by atoms with E-state index in [0.717, 1.165) is 18.2 Å². The van der Waals surface area contributed by atoms with E-state index in [1.165, 1.54) is 18.2 Å². The Morgan fingerprint density at radius 2 is 1.76 bits per heavy atom. The molecule has 2 atom stereocenters. The van der Waals surface area contributed by atoms with E-state index in [1.54, 1.807) is 0 Å². The summed E-state index contributed by atoms with van der Waals surface area (Å²) in [5.74, 6) is -4.09. The molecule has 2 nitrogen and oxygen atoms in total. The first-order valence-corrected chi connectivity index (χ1v) is 6.45. The van der Waals surface area contributed by atoms with Crippen molar-refractivity contribution in [1.82, 2.24) is 0 Å². The van der Waals surface area contributed by atoms with Crippen LogP contribution in [0.4, 0.5) is 13.2 Å². The fourth-order valence-corrected chi connectivity index (χ4v) is 2.64.